The second-order valence-electron chi connectivity index (χ2n) is 6.80. The smallest absolute Gasteiger partial charge is 0.0602 e. The van der Waals surface area contributed by atoms with E-state index in [0.717, 1.165) is 13.0 Å². The molecular formula is C15H32N2O. The zero-order chi connectivity index (χ0) is 13.9. The van der Waals surface area contributed by atoms with Gasteiger partial charge in [0.05, 0.1) is 6.61 Å². The number of likely N-dealkylation sites (tertiary alicyclic amines) is 1. The lowest BCUT2D eigenvalue weighted by molar-refractivity contribution is 0.00382. The molecule has 1 fully saturated rings. The molecule has 1 rings (SSSR count). The fourth-order valence-electron chi connectivity index (χ4n) is 3.38. The second-order valence-corrected chi connectivity index (χ2v) is 6.80. The van der Waals surface area contributed by atoms with Gasteiger partial charge in [-0.25, -0.2) is 0 Å². The summed E-state index contributed by atoms with van der Waals surface area (Å²) in [6, 6.07) is 0.721. The minimum atomic E-state index is 0.0787. The van der Waals surface area contributed by atoms with Gasteiger partial charge in [0.15, 0.2) is 0 Å². The molecule has 18 heavy (non-hydrogen) atoms. The molecule has 0 aromatic rings. The molecule has 0 aromatic carbocycles. The van der Waals surface area contributed by atoms with Crippen molar-refractivity contribution >= 4 is 0 Å². The van der Waals surface area contributed by atoms with Crippen LogP contribution in [-0.4, -0.2) is 41.3 Å². The highest BCUT2D eigenvalue weighted by Gasteiger charge is 2.35. The molecule has 5 unspecified atom stereocenters. The fourth-order valence-corrected chi connectivity index (χ4v) is 3.38. The Bertz CT molecular complexity index is 245. The summed E-state index contributed by atoms with van der Waals surface area (Å²) in [6.07, 6.45) is 2.27. The Labute approximate surface area is 113 Å². The Balaban J connectivity index is 2.73. The molecule has 1 aliphatic rings. The van der Waals surface area contributed by atoms with Gasteiger partial charge >= 0.3 is 0 Å². The van der Waals surface area contributed by atoms with Crippen molar-refractivity contribution in [2.45, 2.75) is 65.6 Å². The molecule has 0 aliphatic carbocycles. The molecule has 108 valence electrons. The van der Waals surface area contributed by atoms with Gasteiger partial charge in [0.25, 0.3) is 0 Å². The average molecular weight is 256 g/mol. The van der Waals surface area contributed by atoms with E-state index in [1.165, 1.54) is 6.42 Å². The van der Waals surface area contributed by atoms with Gasteiger partial charge in [0, 0.05) is 24.7 Å². The summed E-state index contributed by atoms with van der Waals surface area (Å²) in [5, 5.41) is 9.73. The van der Waals surface area contributed by atoms with Crippen molar-refractivity contribution in [2.75, 3.05) is 13.2 Å². The Kier molecular flexibility index (Phi) is 6.09. The van der Waals surface area contributed by atoms with E-state index >= 15 is 0 Å². The maximum atomic E-state index is 9.73. The van der Waals surface area contributed by atoms with E-state index in [0.29, 0.717) is 23.8 Å². The minimum Gasteiger partial charge on any atom is -0.395 e. The van der Waals surface area contributed by atoms with Gasteiger partial charge in [-0.05, 0) is 37.5 Å². The normalized spacial score (nSPS) is 33.7. The van der Waals surface area contributed by atoms with E-state index in [-0.39, 0.29) is 18.7 Å². The Hall–Kier alpha value is -0.120. The van der Waals surface area contributed by atoms with Crippen LogP contribution in [0.2, 0.25) is 0 Å². The summed E-state index contributed by atoms with van der Waals surface area (Å²) in [5.74, 6) is 1.98. The van der Waals surface area contributed by atoms with Crippen molar-refractivity contribution in [3.63, 3.8) is 0 Å². The molecule has 3 nitrogen and oxygen atoms in total. The van der Waals surface area contributed by atoms with Crippen LogP contribution in [0.25, 0.3) is 0 Å². The number of piperidine rings is 1. The predicted octanol–water partition coefficient (Wildman–Crippen LogP) is 2.09. The first kappa shape index (κ1) is 15.9. The first-order valence-corrected chi connectivity index (χ1v) is 7.49. The van der Waals surface area contributed by atoms with Crippen LogP contribution >= 0.6 is 0 Å². The van der Waals surface area contributed by atoms with Crippen molar-refractivity contribution in [1.82, 2.24) is 4.90 Å². The molecule has 1 aliphatic heterocycles. The van der Waals surface area contributed by atoms with Crippen LogP contribution < -0.4 is 5.73 Å². The van der Waals surface area contributed by atoms with Crippen molar-refractivity contribution in [2.24, 2.45) is 23.5 Å². The topological polar surface area (TPSA) is 49.5 Å². The average Bonchev–Trinajstić information content (AvgIpc) is 2.24. The number of aliphatic hydroxyl groups is 1. The first-order valence-electron chi connectivity index (χ1n) is 7.49. The number of aliphatic hydroxyl groups excluding tert-OH is 1. The fraction of sp³-hybridized carbons (Fsp3) is 1.00. The minimum absolute atomic E-state index is 0.0787. The van der Waals surface area contributed by atoms with Crippen LogP contribution in [0.3, 0.4) is 0 Å². The van der Waals surface area contributed by atoms with E-state index < -0.39 is 0 Å². The molecule has 1 saturated heterocycles. The van der Waals surface area contributed by atoms with Gasteiger partial charge in [0.2, 0.25) is 0 Å². The zero-order valence-electron chi connectivity index (χ0n) is 12.8. The Morgan fingerprint density at radius 1 is 1.28 bits per heavy atom. The highest BCUT2D eigenvalue weighted by atomic mass is 16.3. The lowest BCUT2D eigenvalue weighted by atomic mass is 9.83. The van der Waals surface area contributed by atoms with Crippen LogP contribution in [0.1, 0.15) is 47.5 Å². The largest absolute Gasteiger partial charge is 0.395 e. The number of nitrogens with two attached hydrogens (primary N) is 1. The van der Waals surface area contributed by atoms with Gasteiger partial charge < -0.3 is 10.8 Å². The molecule has 0 bridgehead atoms. The van der Waals surface area contributed by atoms with Crippen molar-refractivity contribution in [1.29, 1.82) is 0 Å². The maximum absolute atomic E-state index is 9.73. The van der Waals surface area contributed by atoms with Crippen LogP contribution in [0.15, 0.2) is 0 Å². The van der Waals surface area contributed by atoms with Crippen molar-refractivity contribution in [3.8, 4) is 0 Å². The SMILES string of the molecule is CC(C)CC(N)C(CO)N1CC(C)CC(C)C1C. The third-order valence-electron chi connectivity index (χ3n) is 4.49. The van der Waals surface area contributed by atoms with Crippen molar-refractivity contribution in [3.05, 3.63) is 0 Å². The number of rotatable bonds is 5. The third-order valence-corrected chi connectivity index (χ3v) is 4.49. The van der Waals surface area contributed by atoms with Crippen LogP contribution in [0.5, 0.6) is 0 Å². The third kappa shape index (κ3) is 3.94. The Morgan fingerprint density at radius 3 is 2.39 bits per heavy atom. The summed E-state index contributed by atoms with van der Waals surface area (Å²) in [4.78, 5) is 2.45. The van der Waals surface area contributed by atoms with E-state index in [1.54, 1.807) is 0 Å². The molecule has 3 heteroatoms. The summed E-state index contributed by atoms with van der Waals surface area (Å²) in [6.45, 7) is 12.5. The molecular weight excluding hydrogens is 224 g/mol. The molecule has 3 N–H and O–H groups in total. The molecule has 0 amide bonds. The van der Waals surface area contributed by atoms with Gasteiger partial charge in [0.1, 0.15) is 0 Å². The highest BCUT2D eigenvalue weighted by Crippen LogP contribution is 2.29. The summed E-state index contributed by atoms with van der Waals surface area (Å²) in [7, 11) is 0. The Morgan fingerprint density at radius 2 is 1.89 bits per heavy atom. The number of hydrogen-bond acceptors (Lipinski definition) is 3. The van der Waals surface area contributed by atoms with Gasteiger partial charge in [-0.3, -0.25) is 4.90 Å². The van der Waals surface area contributed by atoms with Gasteiger partial charge in [-0.2, -0.15) is 0 Å². The molecule has 0 aromatic heterocycles. The summed E-state index contributed by atoms with van der Waals surface area (Å²) >= 11 is 0. The lowest BCUT2D eigenvalue weighted by Crippen LogP contribution is -2.58. The van der Waals surface area contributed by atoms with E-state index in [4.69, 9.17) is 5.73 Å². The number of nitrogens with zero attached hydrogens (tertiary/aromatic N) is 1. The standard InChI is InChI=1S/C15H32N2O/c1-10(2)6-14(16)15(9-18)17-8-11(3)7-12(4)13(17)5/h10-15,18H,6-9,16H2,1-5H3. The van der Waals surface area contributed by atoms with E-state index in [2.05, 4.69) is 39.5 Å². The zero-order valence-corrected chi connectivity index (χ0v) is 12.8. The van der Waals surface area contributed by atoms with Crippen molar-refractivity contribution < 1.29 is 5.11 Å². The summed E-state index contributed by atoms with van der Waals surface area (Å²) < 4.78 is 0. The second kappa shape index (κ2) is 6.88. The monoisotopic (exact) mass is 256 g/mol. The van der Waals surface area contributed by atoms with Crippen LogP contribution in [0, 0.1) is 17.8 Å². The molecule has 0 spiro atoms. The quantitative estimate of drug-likeness (QED) is 0.792. The van der Waals surface area contributed by atoms with Gasteiger partial charge in [-0.1, -0.05) is 27.7 Å². The molecule has 1 heterocycles. The van der Waals surface area contributed by atoms with Gasteiger partial charge in [-0.15, -0.1) is 0 Å². The van der Waals surface area contributed by atoms with E-state index in [9.17, 15) is 5.11 Å². The molecule has 5 atom stereocenters. The summed E-state index contributed by atoms with van der Waals surface area (Å²) in [5.41, 5.74) is 6.31. The predicted molar refractivity (Wildman–Crippen MR) is 77.4 cm³/mol. The maximum Gasteiger partial charge on any atom is 0.0602 e. The van der Waals surface area contributed by atoms with Crippen LogP contribution in [0.4, 0.5) is 0 Å². The van der Waals surface area contributed by atoms with E-state index in [1.807, 2.05) is 0 Å². The van der Waals surface area contributed by atoms with Crippen LogP contribution in [-0.2, 0) is 0 Å². The molecule has 0 saturated carbocycles. The first-order chi connectivity index (χ1) is 8.36. The molecule has 0 radical (unpaired) electrons. The highest BCUT2D eigenvalue weighted by molar-refractivity contribution is 4.91. The lowest BCUT2D eigenvalue weighted by Gasteiger charge is -2.46. The number of hydrogen-bond donors (Lipinski definition) is 2.